The van der Waals surface area contributed by atoms with Crippen molar-refractivity contribution in [3.8, 4) is 0 Å². The second kappa shape index (κ2) is 13.2. The molecule has 0 heterocycles. The molecule has 6 heteroatoms. The lowest BCUT2D eigenvalue weighted by Crippen LogP contribution is -2.43. The van der Waals surface area contributed by atoms with E-state index in [1.807, 2.05) is 7.05 Å². The number of nitrogens with one attached hydrogen (secondary N) is 2. The van der Waals surface area contributed by atoms with Gasteiger partial charge in [-0.3, -0.25) is 14.8 Å². The van der Waals surface area contributed by atoms with E-state index in [4.69, 9.17) is 0 Å². The number of guanidine groups is 1. The molecule has 0 spiro atoms. The lowest BCUT2D eigenvalue weighted by Gasteiger charge is -2.30. The topological polar surface area (TPSA) is 42.9 Å². The number of hydrogen-bond donors (Lipinski definition) is 2. The van der Waals surface area contributed by atoms with Crippen molar-refractivity contribution in [2.24, 2.45) is 4.99 Å². The number of likely N-dealkylation sites (N-methyl/N-ethyl adjacent to an activating group) is 1. The number of hydrogen-bond acceptors (Lipinski definition) is 3. The Morgan fingerprint density at radius 3 is 2.08 bits per heavy atom. The molecule has 0 aliphatic heterocycles. The van der Waals surface area contributed by atoms with Gasteiger partial charge in [-0.15, -0.1) is 24.0 Å². The zero-order valence-electron chi connectivity index (χ0n) is 16.6. The van der Waals surface area contributed by atoms with Crippen LogP contribution in [0.1, 0.15) is 53.9 Å². The van der Waals surface area contributed by atoms with Gasteiger partial charge in [0.1, 0.15) is 0 Å². The van der Waals surface area contributed by atoms with Crippen LogP contribution >= 0.6 is 24.0 Å². The molecule has 1 fully saturated rings. The molecule has 0 unspecified atom stereocenters. The third-order valence-electron chi connectivity index (χ3n) is 4.60. The fraction of sp³-hybridized carbons (Fsp3) is 0.944. The molecule has 1 aliphatic carbocycles. The highest BCUT2D eigenvalue weighted by molar-refractivity contribution is 14.0. The zero-order chi connectivity index (χ0) is 17.2. The summed E-state index contributed by atoms with van der Waals surface area (Å²) in [7, 11) is 1.85. The second-order valence-electron chi connectivity index (χ2n) is 7.06. The molecule has 0 aromatic heterocycles. The van der Waals surface area contributed by atoms with E-state index in [2.05, 4.69) is 60.0 Å². The Kier molecular flexibility index (Phi) is 13.1. The van der Waals surface area contributed by atoms with Crippen molar-refractivity contribution in [3.05, 3.63) is 0 Å². The van der Waals surface area contributed by atoms with Gasteiger partial charge in [0.05, 0.1) is 0 Å². The molecule has 1 saturated carbocycles. The predicted molar refractivity (Wildman–Crippen MR) is 117 cm³/mol. The predicted octanol–water partition coefficient (Wildman–Crippen LogP) is 2.76. The molecule has 0 atom stereocenters. The van der Waals surface area contributed by atoms with Crippen molar-refractivity contribution < 1.29 is 0 Å². The van der Waals surface area contributed by atoms with Gasteiger partial charge < -0.3 is 10.6 Å². The smallest absolute Gasteiger partial charge is 0.191 e. The highest BCUT2D eigenvalue weighted by atomic mass is 127. The second-order valence-corrected chi connectivity index (χ2v) is 7.06. The Balaban J connectivity index is 0.00000529. The van der Waals surface area contributed by atoms with Gasteiger partial charge in [0.2, 0.25) is 0 Å². The van der Waals surface area contributed by atoms with Crippen LogP contribution in [0.2, 0.25) is 0 Å². The van der Waals surface area contributed by atoms with E-state index in [-0.39, 0.29) is 24.0 Å². The van der Waals surface area contributed by atoms with Crippen molar-refractivity contribution >= 4 is 29.9 Å². The van der Waals surface area contributed by atoms with E-state index < -0.39 is 0 Å². The summed E-state index contributed by atoms with van der Waals surface area (Å²) >= 11 is 0. The maximum atomic E-state index is 4.32. The average molecular weight is 453 g/mol. The number of rotatable bonds is 11. The lowest BCUT2D eigenvalue weighted by molar-refractivity contribution is 0.173. The first-order valence-electron chi connectivity index (χ1n) is 9.43. The highest BCUT2D eigenvalue weighted by Gasteiger charge is 2.27. The van der Waals surface area contributed by atoms with Crippen molar-refractivity contribution in [3.63, 3.8) is 0 Å². The lowest BCUT2D eigenvalue weighted by atomic mass is 10.2. The average Bonchev–Trinajstić information content (AvgIpc) is 3.33. The maximum Gasteiger partial charge on any atom is 0.191 e. The molecule has 1 rings (SSSR count). The summed E-state index contributed by atoms with van der Waals surface area (Å²) in [5.41, 5.74) is 0. The minimum atomic E-state index is 0. The zero-order valence-corrected chi connectivity index (χ0v) is 19.0. The summed E-state index contributed by atoms with van der Waals surface area (Å²) in [5, 5.41) is 6.87. The van der Waals surface area contributed by atoms with Gasteiger partial charge in [-0.25, -0.2) is 0 Å². The van der Waals surface area contributed by atoms with Gasteiger partial charge in [0, 0.05) is 51.4 Å². The third kappa shape index (κ3) is 9.42. The van der Waals surface area contributed by atoms with Crippen LogP contribution in [0.5, 0.6) is 0 Å². The number of aliphatic imine (C=N–C) groups is 1. The van der Waals surface area contributed by atoms with Crippen LogP contribution in [0.15, 0.2) is 4.99 Å². The summed E-state index contributed by atoms with van der Waals surface area (Å²) in [4.78, 5) is 9.41. The molecule has 0 radical (unpaired) electrons. The molecule has 0 bridgehead atoms. The standard InChI is InChI=1S/C18H39N5.HI/c1-7-22(17-9-10-17)14-12-21-18(19-6)20-11-8-13-23(15(2)3)16(4)5;/h15-17H,7-14H2,1-6H3,(H2,19,20,21);1H. The highest BCUT2D eigenvalue weighted by Crippen LogP contribution is 2.25. The first-order valence-corrected chi connectivity index (χ1v) is 9.43. The van der Waals surface area contributed by atoms with Crippen molar-refractivity contribution in [1.82, 2.24) is 20.4 Å². The fourth-order valence-corrected chi connectivity index (χ4v) is 3.16. The van der Waals surface area contributed by atoms with E-state index >= 15 is 0 Å². The molecule has 0 amide bonds. The minimum Gasteiger partial charge on any atom is -0.356 e. The monoisotopic (exact) mass is 453 g/mol. The molecule has 2 N–H and O–H groups in total. The molecule has 5 nitrogen and oxygen atoms in total. The van der Waals surface area contributed by atoms with E-state index in [0.717, 1.165) is 51.1 Å². The Morgan fingerprint density at radius 2 is 1.62 bits per heavy atom. The SMILES string of the molecule is CCN(CCNC(=NC)NCCCN(C(C)C)C(C)C)C1CC1.I. The number of halogens is 1. The van der Waals surface area contributed by atoms with Gasteiger partial charge in [-0.2, -0.15) is 0 Å². The Labute approximate surface area is 167 Å². The van der Waals surface area contributed by atoms with Gasteiger partial charge in [-0.05, 0) is 53.5 Å². The Hall–Kier alpha value is -0.0800. The van der Waals surface area contributed by atoms with Gasteiger partial charge in [0.25, 0.3) is 0 Å². The quantitative estimate of drug-likeness (QED) is 0.219. The van der Waals surface area contributed by atoms with E-state index in [1.165, 1.54) is 12.8 Å². The molecule has 0 aromatic rings. The molecular formula is C18H40IN5. The molecule has 1 aliphatic rings. The van der Waals surface area contributed by atoms with Crippen LogP contribution in [0, 0.1) is 0 Å². The van der Waals surface area contributed by atoms with Crippen molar-refractivity contribution in [2.45, 2.75) is 72.0 Å². The van der Waals surface area contributed by atoms with Crippen LogP contribution in [-0.4, -0.2) is 73.7 Å². The van der Waals surface area contributed by atoms with Gasteiger partial charge in [0.15, 0.2) is 5.96 Å². The molecule has 144 valence electrons. The normalized spacial score (nSPS) is 15.3. The van der Waals surface area contributed by atoms with E-state index in [0.29, 0.717) is 12.1 Å². The summed E-state index contributed by atoms with van der Waals surface area (Å²) in [6, 6.07) is 2.06. The van der Waals surface area contributed by atoms with Crippen molar-refractivity contribution in [1.29, 1.82) is 0 Å². The van der Waals surface area contributed by atoms with Crippen LogP contribution in [-0.2, 0) is 0 Å². The van der Waals surface area contributed by atoms with Crippen molar-refractivity contribution in [2.75, 3.05) is 39.8 Å². The molecular weight excluding hydrogens is 413 g/mol. The fourth-order valence-electron chi connectivity index (χ4n) is 3.16. The van der Waals surface area contributed by atoms with Crippen LogP contribution < -0.4 is 10.6 Å². The number of nitrogens with zero attached hydrogens (tertiary/aromatic N) is 3. The summed E-state index contributed by atoms with van der Waals surface area (Å²) in [5.74, 6) is 0.928. The summed E-state index contributed by atoms with van der Waals surface area (Å²) in [6.45, 7) is 16.7. The summed E-state index contributed by atoms with van der Waals surface area (Å²) in [6.07, 6.45) is 3.90. The van der Waals surface area contributed by atoms with E-state index in [9.17, 15) is 0 Å². The van der Waals surface area contributed by atoms with Gasteiger partial charge in [-0.1, -0.05) is 6.92 Å². The first-order chi connectivity index (χ1) is 11.0. The molecule has 0 aromatic carbocycles. The van der Waals surface area contributed by atoms with Gasteiger partial charge >= 0.3 is 0 Å². The third-order valence-corrected chi connectivity index (χ3v) is 4.60. The van der Waals surface area contributed by atoms with Crippen LogP contribution in [0.3, 0.4) is 0 Å². The first kappa shape index (κ1) is 23.9. The summed E-state index contributed by atoms with van der Waals surface area (Å²) < 4.78 is 0. The van der Waals surface area contributed by atoms with E-state index in [1.54, 1.807) is 0 Å². The van der Waals surface area contributed by atoms with Crippen LogP contribution in [0.25, 0.3) is 0 Å². The molecule has 24 heavy (non-hydrogen) atoms. The maximum absolute atomic E-state index is 4.32. The molecule has 0 saturated heterocycles. The largest absolute Gasteiger partial charge is 0.356 e. The Bertz CT molecular complexity index is 334. The minimum absolute atomic E-state index is 0. The Morgan fingerprint density at radius 1 is 1.04 bits per heavy atom. The van der Waals surface area contributed by atoms with Crippen LogP contribution in [0.4, 0.5) is 0 Å².